The number of benzene rings is 2. The van der Waals surface area contributed by atoms with Crippen LogP contribution in [0.15, 0.2) is 54.7 Å². The van der Waals surface area contributed by atoms with Crippen LogP contribution in [-0.2, 0) is 0 Å². The summed E-state index contributed by atoms with van der Waals surface area (Å²) in [5.41, 5.74) is 3.59. The Kier molecular flexibility index (Phi) is 4.26. The highest BCUT2D eigenvalue weighted by molar-refractivity contribution is 5.95. The number of rotatable bonds is 2. The summed E-state index contributed by atoms with van der Waals surface area (Å²) in [5.74, 6) is 0.913. The number of pyridine rings is 1. The van der Waals surface area contributed by atoms with Crippen LogP contribution >= 0.6 is 12.4 Å². The molecule has 3 heteroatoms. The standard InChI is InChI=1S/C17H16N2.ClH/c1-12-7-5-8-15-14(12)10-11-18-17(15)19-16-9-4-3-6-13(16)2;/h3-11H,1-2H3,(H,18,19);1H. The van der Waals surface area contributed by atoms with Crippen molar-refractivity contribution in [3.8, 4) is 0 Å². The van der Waals surface area contributed by atoms with Gasteiger partial charge in [-0.1, -0.05) is 36.4 Å². The van der Waals surface area contributed by atoms with Crippen molar-refractivity contribution in [2.75, 3.05) is 5.32 Å². The summed E-state index contributed by atoms with van der Waals surface area (Å²) < 4.78 is 0. The predicted molar refractivity (Wildman–Crippen MR) is 88.2 cm³/mol. The minimum absolute atomic E-state index is 0. The first-order valence-electron chi connectivity index (χ1n) is 6.43. The van der Waals surface area contributed by atoms with Gasteiger partial charge in [0.1, 0.15) is 5.82 Å². The molecule has 0 bridgehead atoms. The highest BCUT2D eigenvalue weighted by Crippen LogP contribution is 2.27. The molecule has 0 saturated carbocycles. The van der Waals surface area contributed by atoms with E-state index in [1.54, 1.807) is 0 Å². The molecule has 1 aromatic heterocycles. The normalized spacial score (nSPS) is 10.1. The number of para-hydroxylation sites is 1. The van der Waals surface area contributed by atoms with E-state index in [4.69, 9.17) is 0 Å². The minimum atomic E-state index is 0. The highest BCUT2D eigenvalue weighted by Gasteiger charge is 2.05. The fourth-order valence-corrected chi connectivity index (χ4v) is 2.30. The maximum atomic E-state index is 4.47. The largest absolute Gasteiger partial charge is 0.340 e. The minimum Gasteiger partial charge on any atom is -0.340 e. The van der Waals surface area contributed by atoms with Crippen molar-refractivity contribution in [2.24, 2.45) is 0 Å². The van der Waals surface area contributed by atoms with Crippen LogP contribution in [0.2, 0.25) is 0 Å². The van der Waals surface area contributed by atoms with Crippen LogP contribution in [0, 0.1) is 13.8 Å². The predicted octanol–water partition coefficient (Wildman–Crippen LogP) is 5.02. The topological polar surface area (TPSA) is 24.9 Å². The quantitative estimate of drug-likeness (QED) is 0.715. The monoisotopic (exact) mass is 284 g/mol. The molecule has 0 fully saturated rings. The van der Waals surface area contributed by atoms with Gasteiger partial charge in [0.2, 0.25) is 0 Å². The maximum absolute atomic E-state index is 4.47. The summed E-state index contributed by atoms with van der Waals surface area (Å²) in [6, 6.07) is 16.6. The molecule has 1 N–H and O–H groups in total. The zero-order chi connectivity index (χ0) is 13.2. The van der Waals surface area contributed by atoms with E-state index in [0.717, 1.165) is 16.9 Å². The van der Waals surface area contributed by atoms with Crippen LogP contribution in [0.3, 0.4) is 0 Å². The number of fused-ring (bicyclic) bond motifs is 1. The van der Waals surface area contributed by atoms with Crippen LogP contribution in [0.25, 0.3) is 10.8 Å². The van der Waals surface area contributed by atoms with Gasteiger partial charge in [0, 0.05) is 17.3 Å². The third kappa shape index (κ3) is 2.61. The third-order valence-electron chi connectivity index (χ3n) is 3.42. The molecule has 0 aliphatic heterocycles. The van der Waals surface area contributed by atoms with E-state index < -0.39 is 0 Å². The molecule has 0 amide bonds. The van der Waals surface area contributed by atoms with Gasteiger partial charge in [-0.2, -0.15) is 0 Å². The van der Waals surface area contributed by atoms with Crippen molar-refractivity contribution in [3.05, 3.63) is 65.9 Å². The first-order valence-corrected chi connectivity index (χ1v) is 6.43. The van der Waals surface area contributed by atoms with Gasteiger partial charge in [0.25, 0.3) is 0 Å². The number of halogens is 1. The summed E-state index contributed by atoms with van der Waals surface area (Å²) >= 11 is 0. The second kappa shape index (κ2) is 5.93. The summed E-state index contributed by atoms with van der Waals surface area (Å²) in [5, 5.41) is 5.83. The molecule has 0 unspecified atom stereocenters. The Morgan fingerprint density at radius 2 is 1.55 bits per heavy atom. The molecule has 3 aromatic rings. The van der Waals surface area contributed by atoms with E-state index in [0.29, 0.717) is 0 Å². The van der Waals surface area contributed by atoms with Crippen LogP contribution in [0.1, 0.15) is 11.1 Å². The smallest absolute Gasteiger partial charge is 0.138 e. The van der Waals surface area contributed by atoms with Gasteiger partial charge in [0.05, 0.1) is 0 Å². The molecule has 0 radical (unpaired) electrons. The average molecular weight is 285 g/mol. The maximum Gasteiger partial charge on any atom is 0.138 e. The van der Waals surface area contributed by atoms with E-state index >= 15 is 0 Å². The lowest BCUT2D eigenvalue weighted by molar-refractivity contribution is 1.32. The molecule has 0 atom stereocenters. The Balaban J connectivity index is 0.00000147. The Morgan fingerprint density at radius 3 is 2.35 bits per heavy atom. The number of hydrogen-bond acceptors (Lipinski definition) is 2. The van der Waals surface area contributed by atoms with Gasteiger partial charge in [-0.05, 0) is 42.5 Å². The Bertz CT molecular complexity index is 738. The summed E-state index contributed by atoms with van der Waals surface area (Å²) in [4.78, 5) is 4.47. The molecule has 0 aliphatic carbocycles. The highest BCUT2D eigenvalue weighted by atomic mass is 35.5. The van der Waals surface area contributed by atoms with E-state index in [2.05, 4.69) is 60.5 Å². The van der Waals surface area contributed by atoms with E-state index in [-0.39, 0.29) is 12.4 Å². The molecule has 1 heterocycles. The average Bonchev–Trinajstić information content (AvgIpc) is 2.42. The van der Waals surface area contributed by atoms with Crippen LogP contribution in [0.5, 0.6) is 0 Å². The lowest BCUT2D eigenvalue weighted by Crippen LogP contribution is -1.96. The molecular formula is C17H17ClN2. The number of nitrogens with zero attached hydrogens (tertiary/aromatic N) is 1. The van der Waals surface area contributed by atoms with E-state index in [1.165, 1.54) is 16.5 Å². The third-order valence-corrected chi connectivity index (χ3v) is 3.42. The fraction of sp³-hybridized carbons (Fsp3) is 0.118. The fourth-order valence-electron chi connectivity index (χ4n) is 2.30. The van der Waals surface area contributed by atoms with Crippen molar-refractivity contribution in [3.63, 3.8) is 0 Å². The summed E-state index contributed by atoms with van der Waals surface area (Å²) in [6.07, 6.45) is 1.86. The second-order valence-corrected chi connectivity index (χ2v) is 4.77. The van der Waals surface area contributed by atoms with E-state index in [1.807, 2.05) is 18.3 Å². The summed E-state index contributed by atoms with van der Waals surface area (Å²) in [7, 11) is 0. The SMILES string of the molecule is Cc1ccccc1Nc1nccc2c(C)cccc12.Cl. The lowest BCUT2D eigenvalue weighted by atomic mass is 10.1. The lowest BCUT2D eigenvalue weighted by Gasteiger charge is -2.11. The number of nitrogens with one attached hydrogen (secondary N) is 1. The first kappa shape index (κ1) is 14.4. The van der Waals surface area contributed by atoms with E-state index in [9.17, 15) is 0 Å². The van der Waals surface area contributed by atoms with Crippen molar-refractivity contribution >= 4 is 34.7 Å². The van der Waals surface area contributed by atoms with Crippen LogP contribution in [0.4, 0.5) is 11.5 Å². The van der Waals surface area contributed by atoms with Gasteiger partial charge in [-0.25, -0.2) is 4.98 Å². The van der Waals surface area contributed by atoms with Crippen molar-refractivity contribution in [1.82, 2.24) is 4.98 Å². The molecule has 0 spiro atoms. The molecule has 2 aromatic carbocycles. The van der Waals surface area contributed by atoms with Crippen LogP contribution < -0.4 is 5.32 Å². The number of hydrogen-bond donors (Lipinski definition) is 1. The van der Waals surface area contributed by atoms with Crippen LogP contribution in [-0.4, -0.2) is 4.98 Å². The van der Waals surface area contributed by atoms with Crippen molar-refractivity contribution in [2.45, 2.75) is 13.8 Å². The van der Waals surface area contributed by atoms with Gasteiger partial charge >= 0.3 is 0 Å². The number of aromatic nitrogens is 1. The molecule has 2 nitrogen and oxygen atoms in total. The molecule has 0 aliphatic rings. The Labute approximate surface area is 125 Å². The zero-order valence-corrected chi connectivity index (χ0v) is 12.4. The van der Waals surface area contributed by atoms with Crippen molar-refractivity contribution in [1.29, 1.82) is 0 Å². The summed E-state index contributed by atoms with van der Waals surface area (Å²) in [6.45, 7) is 4.22. The Hall–Kier alpha value is -2.06. The van der Waals surface area contributed by atoms with Gasteiger partial charge < -0.3 is 5.32 Å². The second-order valence-electron chi connectivity index (χ2n) is 4.77. The molecular weight excluding hydrogens is 268 g/mol. The zero-order valence-electron chi connectivity index (χ0n) is 11.6. The van der Waals surface area contributed by atoms with Gasteiger partial charge in [-0.15, -0.1) is 12.4 Å². The molecule has 102 valence electrons. The number of anilines is 2. The number of aryl methyl sites for hydroxylation is 2. The molecule has 0 saturated heterocycles. The Morgan fingerprint density at radius 1 is 0.800 bits per heavy atom. The van der Waals surface area contributed by atoms with Crippen molar-refractivity contribution < 1.29 is 0 Å². The van der Waals surface area contributed by atoms with Gasteiger partial charge in [-0.3, -0.25) is 0 Å². The van der Waals surface area contributed by atoms with Gasteiger partial charge in [0.15, 0.2) is 0 Å². The molecule has 3 rings (SSSR count). The molecule has 20 heavy (non-hydrogen) atoms. The first-order chi connectivity index (χ1) is 9.25.